The van der Waals surface area contributed by atoms with Gasteiger partial charge < -0.3 is 4.79 Å². The van der Waals surface area contributed by atoms with Crippen LogP contribution in [0.4, 0.5) is 0 Å². The van der Waals surface area contributed by atoms with Crippen LogP contribution >= 0.6 is 11.3 Å². The number of hydrogen-bond acceptors (Lipinski definition) is 4. The van der Waals surface area contributed by atoms with Gasteiger partial charge in [0.05, 0.1) is 0 Å². The number of aryl methyl sites for hydroxylation is 2. The summed E-state index contributed by atoms with van der Waals surface area (Å²) in [7, 11) is 0. The molecule has 0 unspecified atom stereocenters. The highest BCUT2D eigenvalue weighted by Gasteiger charge is 2.25. The minimum Gasteiger partial charge on any atom is -0.300 e. The molecule has 3 nitrogen and oxygen atoms in total. The molecule has 2 aromatic heterocycles. The first-order chi connectivity index (χ1) is 8.65. The summed E-state index contributed by atoms with van der Waals surface area (Å²) < 4.78 is 0. The van der Waals surface area contributed by atoms with Crippen molar-refractivity contribution < 1.29 is 4.79 Å². The van der Waals surface area contributed by atoms with Crippen molar-refractivity contribution in [2.45, 2.75) is 39.5 Å². The Labute approximate surface area is 110 Å². The maximum Gasteiger partial charge on any atom is 0.130 e. The van der Waals surface area contributed by atoms with E-state index < -0.39 is 0 Å². The van der Waals surface area contributed by atoms with Gasteiger partial charge in [0.2, 0.25) is 0 Å². The molecular formula is C14H16N2OS. The Hall–Kier alpha value is -1.29. The van der Waals surface area contributed by atoms with Crippen LogP contribution in [-0.4, -0.2) is 15.8 Å². The first-order valence-corrected chi connectivity index (χ1v) is 7.18. The molecule has 0 bridgehead atoms. The highest BCUT2D eigenvalue weighted by atomic mass is 32.1. The van der Waals surface area contributed by atoms with Crippen molar-refractivity contribution in [3.05, 3.63) is 22.5 Å². The fourth-order valence-corrected chi connectivity index (χ4v) is 4.15. The van der Waals surface area contributed by atoms with Gasteiger partial charge in [-0.15, -0.1) is 11.3 Å². The van der Waals surface area contributed by atoms with Gasteiger partial charge in [0.25, 0.3) is 0 Å². The van der Waals surface area contributed by atoms with E-state index in [-0.39, 0.29) is 0 Å². The van der Waals surface area contributed by atoms with Crippen molar-refractivity contribution in [3.8, 4) is 0 Å². The van der Waals surface area contributed by atoms with Crippen LogP contribution in [0.1, 0.15) is 35.9 Å². The number of Topliss-reactive ketones (excluding diaryl/α,β-unsaturated/α-hetero) is 1. The van der Waals surface area contributed by atoms with Gasteiger partial charge in [-0.1, -0.05) is 0 Å². The van der Waals surface area contributed by atoms with Crippen LogP contribution in [0.25, 0.3) is 10.2 Å². The summed E-state index contributed by atoms with van der Waals surface area (Å²) in [6.45, 7) is 3.74. The molecular weight excluding hydrogens is 244 g/mol. The molecule has 4 heteroatoms. The Bertz CT molecular complexity index is 618. The smallest absolute Gasteiger partial charge is 0.130 e. The number of aromatic nitrogens is 2. The average molecular weight is 260 g/mol. The first kappa shape index (κ1) is 11.8. The molecule has 2 heterocycles. The van der Waals surface area contributed by atoms with Gasteiger partial charge in [0.15, 0.2) is 0 Å². The van der Waals surface area contributed by atoms with E-state index in [0.717, 1.165) is 29.8 Å². The summed E-state index contributed by atoms with van der Waals surface area (Å²) in [5.74, 6) is 0.809. The molecule has 0 saturated carbocycles. The second-order valence-electron chi connectivity index (χ2n) is 5.16. The SMILES string of the molecule is CC(=O)C[C@@H]1CCc2sc3ncnc(C)c3c2C1. The van der Waals surface area contributed by atoms with E-state index in [0.29, 0.717) is 18.1 Å². The van der Waals surface area contributed by atoms with Gasteiger partial charge in [-0.3, -0.25) is 0 Å². The van der Waals surface area contributed by atoms with E-state index in [2.05, 4.69) is 9.97 Å². The van der Waals surface area contributed by atoms with Crippen molar-refractivity contribution >= 4 is 27.3 Å². The maximum atomic E-state index is 11.3. The molecule has 1 aliphatic rings. The molecule has 0 spiro atoms. The number of thiophene rings is 1. The highest BCUT2D eigenvalue weighted by Crippen LogP contribution is 2.38. The molecule has 0 aromatic carbocycles. The Balaban J connectivity index is 2.03. The van der Waals surface area contributed by atoms with Crippen LogP contribution in [0.5, 0.6) is 0 Å². The molecule has 3 rings (SSSR count). The molecule has 94 valence electrons. The lowest BCUT2D eigenvalue weighted by Crippen LogP contribution is -2.15. The third kappa shape index (κ3) is 1.94. The van der Waals surface area contributed by atoms with Crippen LogP contribution in [0, 0.1) is 12.8 Å². The molecule has 0 saturated heterocycles. The highest BCUT2D eigenvalue weighted by molar-refractivity contribution is 7.18. The van der Waals surface area contributed by atoms with Gasteiger partial charge in [-0.25, -0.2) is 9.97 Å². The lowest BCUT2D eigenvalue weighted by Gasteiger charge is -2.21. The summed E-state index contributed by atoms with van der Waals surface area (Å²) in [5, 5.41) is 1.24. The van der Waals surface area contributed by atoms with Gasteiger partial charge >= 0.3 is 0 Å². The minimum atomic E-state index is 0.302. The molecule has 18 heavy (non-hydrogen) atoms. The summed E-state index contributed by atoms with van der Waals surface area (Å²) in [4.78, 5) is 22.5. The molecule has 2 aromatic rings. The van der Waals surface area contributed by atoms with Crippen molar-refractivity contribution in [2.24, 2.45) is 5.92 Å². The number of ketones is 1. The molecule has 0 fully saturated rings. The zero-order chi connectivity index (χ0) is 12.7. The van der Waals surface area contributed by atoms with E-state index in [4.69, 9.17) is 0 Å². The quantitative estimate of drug-likeness (QED) is 0.833. The lowest BCUT2D eigenvalue weighted by molar-refractivity contribution is -0.117. The fraction of sp³-hybridized carbons (Fsp3) is 0.500. The van der Waals surface area contributed by atoms with Crippen molar-refractivity contribution in [2.75, 3.05) is 0 Å². The van der Waals surface area contributed by atoms with Gasteiger partial charge in [-0.05, 0) is 44.6 Å². The van der Waals surface area contributed by atoms with E-state index in [9.17, 15) is 4.79 Å². The predicted octanol–water partition coefficient (Wildman–Crippen LogP) is 3.08. The van der Waals surface area contributed by atoms with E-state index in [1.807, 2.05) is 6.92 Å². The number of nitrogens with zero attached hydrogens (tertiary/aromatic N) is 2. The normalized spacial score (nSPS) is 18.9. The van der Waals surface area contributed by atoms with Crippen molar-refractivity contribution in [1.82, 2.24) is 9.97 Å². The topological polar surface area (TPSA) is 42.9 Å². The molecule has 1 aliphatic carbocycles. The third-order valence-electron chi connectivity index (χ3n) is 3.71. The van der Waals surface area contributed by atoms with Gasteiger partial charge in [0.1, 0.15) is 16.9 Å². The lowest BCUT2D eigenvalue weighted by atomic mass is 9.84. The van der Waals surface area contributed by atoms with E-state index in [1.165, 1.54) is 15.8 Å². The van der Waals surface area contributed by atoms with E-state index >= 15 is 0 Å². The number of fused-ring (bicyclic) bond motifs is 3. The minimum absolute atomic E-state index is 0.302. The maximum absolute atomic E-state index is 11.3. The number of carbonyl (C=O) groups is 1. The zero-order valence-corrected chi connectivity index (χ0v) is 11.5. The third-order valence-corrected chi connectivity index (χ3v) is 4.91. The van der Waals surface area contributed by atoms with Crippen LogP contribution in [0.15, 0.2) is 6.33 Å². The molecule has 0 amide bonds. The van der Waals surface area contributed by atoms with Crippen LogP contribution in [0.3, 0.4) is 0 Å². The predicted molar refractivity (Wildman–Crippen MR) is 73.0 cm³/mol. The summed E-state index contributed by atoms with van der Waals surface area (Å²) >= 11 is 1.80. The Morgan fingerprint density at radius 2 is 2.33 bits per heavy atom. The Morgan fingerprint density at radius 1 is 1.50 bits per heavy atom. The van der Waals surface area contributed by atoms with Crippen molar-refractivity contribution in [1.29, 1.82) is 0 Å². The second kappa shape index (κ2) is 4.43. The second-order valence-corrected chi connectivity index (χ2v) is 6.24. The van der Waals surface area contributed by atoms with E-state index in [1.54, 1.807) is 24.6 Å². The number of rotatable bonds is 2. The molecule has 0 N–H and O–H groups in total. The van der Waals surface area contributed by atoms with Crippen LogP contribution in [0.2, 0.25) is 0 Å². The Morgan fingerprint density at radius 3 is 3.11 bits per heavy atom. The monoisotopic (exact) mass is 260 g/mol. The standard InChI is InChI=1S/C14H16N2OS/c1-8(17)5-10-3-4-12-11(6-10)13-9(2)15-7-16-14(13)18-12/h7,10H,3-6H2,1-2H3/t10-/m0/s1. The summed E-state index contributed by atoms with van der Waals surface area (Å²) in [6, 6.07) is 0. The van der Waals surface area contributed by atoms with Crippen LogP contribution in [-0.2, 0) is 17.6 Å². The van der Waals surface area contributed by atoms with Gasteiger partial charge in [0, 0.05) is 22.4 Å². The number of carbonyl (C=O) groups excluding carboxylic acids is 1. The summed E-state index contributed by atoms with van der Waals surface area (Å²) in [6.07, 6.45) is 5.60. The average Bonchev–Trinajstić information content (AvgIpc) is 2.67. The molecule has 0 aliphatic heterocycles. The fourth-order valence-electron chi connectivity index (χ4n) is 2.92. The Kier molecular flexibility index (Phi) is 2.90. The largest absolute Gasteiger partial charge is 0.300 e. The van der Waals surface area contributed by atoms with Gasteiger partial charge in [-0.2, -0.15) is 0 Å². The molecule has 1 atom stereocenters. The van der Waals surface area contributed by atoms with Crippen molar-refractivity contribution in [3.63, 3.8) is 0 Å². The zero-order valence-electron chi connectivity index (χ0n) is 10.7. The first-order valence-electron chi connectivity index (χ1n) is 6.36. The summed E-state index contributed by atoms with van der Waals surface area (Å²) in [5.41, 5.74) is 2.48. The van der Waals surface area contributed by atoms with Crippen LogP contribution < -0.4 is 0 Å². The molecule has 0 radical (unpaired) electrons. The number of hydrogen-bond donors (Lipinski definition) is 0.